The maximum absolute atomic E-state index is 12.8. The Morgan fingerprint density at radius 2 is 1.76 bits per heavy atom. The molecule has 0 aliphatic carbocycles. The minimum Gasteiger partial charge on any atom is -0.348 e. The molecule has 4 rings (SSSR count). The Morgan fingerprint density at radius 1 is 1.06 bits per heavy atom. The zero-order valence-corrected chi connectivity index (χ0v) is 20.7. The van der Waals surface area contributed by atoms with Crippen molar-refractivity contribution in [3.63, 3.8) is 0 Å². The Labute approximate surface area is 205 Å². The van der Waals surface area contributed by atoms with Crippen LogP contribution in [0.25, 0.3) is 10.2 Å². The molecule has 4 aromatic rings. The Bertz CT molecular complexity index is 1430. The predicted octanol–water partition coefficient (Wildman–Crippen LogP) is 4.27. The summed E-state index contributed by atoms with van der Waals surface area (Å²) in [4.78, 5) is 44.5. The van der Waals surface area contributed by atoms with Crippen molar-refractivity contribution in [1.82, 2.24) is 14.9 Å². The Kier molecular flexibility index (Phi) is 7.14. The van der Waals surface area contributed by atoms with Gasteiger partial charge in [-0.3, -0.25) is 19.0 Å². The van der Waals surface area contributed by atoms with Crippen molar-refractivity contribution in [1.29, 1.82) is 0 Å². The maximum Gasteiger partial charge on any atom is 0.262 e. The number of amides is 2. The molecule has 9 heteroatoms. The van der Waals surface area contributed by atoms with Crippen molar-refractivity contribution in [2.75, 3.05) is 11.1 Å². The van der Waals surface area contributed by atoms with E-state index in [1.54, 1.807) is 31.3 Å². The van der Waals surface area contributed by atoms with Crippen molar-refractivity contribution in [3.05, 3.63) is 86.5 Å². The second-order valence-electron chi connectivity index (χ2n) is 7.77. The summed E-state index contributed by atoms with van der Waals surface area (Å²) >= 11 is 2.66. The van der Waals surface area contributed by atoms with E-state index < -0.39 is 0 Å². The van der Waals surface area contributed by atoms with Gasteiger partial charge in [-0.25, -0.2) is 4.98 Å². The van der Waals surface area contributed by atoms with Gasteiger partial charge in [-0.1, -0.05) is 54.2 Å². The van der Waals surface area contributed by atoms with E-state index in [-0.39, 0.29) is 23.1 Å². The van der Waals surface area contributed by atoms with Crippen LogP contribution in [0.3, 0.4) is 0 Å². The highest BCUT2D eigenvalue weighted by molar-refractivity contribution is 7.99. The molecular weight excluding hydrogens is 468 g/mol. The van der Waals surface area contributed by atoms with E-state index in [2.05, 4.69) is 15.6 Å². The molecule has 2 N–H and O–H groups in total. The van der Waals surface area contributed by atoms with E-state index in [9.17, 15) is 14.4 Å². The highest BCUT2D eigenvalue weighted by Crippen LogP contribution is 2.28. The lowest BCUT2D eigenvalue weighted by Crippen LogP contribution is -2.25. The van der Waals surface area contributed by atoms with E-state index >= 15 is 0 Å². The summed E-state index contributed by atoms with van der Waals surface area (Å²) in [7, 11) is 1.66. The number of fused-ring (bicyclic) bond motifs is 1. The zero-order valence-electron chi connectivity index (χ0n) is 19.0. The molecule has 2 amide bonds. The third-order valence-corrected chi connectivity index (χ3v) is 7.57. The Hall–Kier alpha value is -3.43. The number of carbonyl (C=O) groups excluding carboxylic acids is 2. The van der Waals surface area contributed by atoms with Gasteiger partial charge >= 0.3 is 0 Å². The number of para-hydroxylation sites is 1. The quantitative estimate of drug-likeness (QED) is 0.297. The fourth-order valence-corrected chi connectivity index (χ4v) is 5.31. The lowest BCUT2D eigenvalue weighted by atomic mass is 10.1. The van der Waals surface area contributed by atoms with Crippen LogP contribution in [-0.2, 0) is 18.4 Å². The third-order valence-electron chi connectivity index (χ3n) is 5.44. The molecule has 0 fully saturated rings. The molecule has 0 unspecified atom stereocenters. The van der Waals surface area contributed by atoms with Crippen LogP contribution in [0.2, 0.25) is 0 Å². The third kappa shape index (κ3) is 5.05. The lowest BCUT2D eigenvalue weighted by Gasteiger charge is -2.12. The van der Waals surface area contributed by atoms with Gasteiger partial charge in [0, 0.05) is 18.5 Å². The van der Waals surface area contributed by atoms with E-state index in [1.165, 1.54) is 27.7 Å². The van der Waals surface area contributed by atoms with Gasteiger partial charge in [-0.15, -0.1) is 11.3 Å². The van der Waals surface area contributed by atoms with Crippen LogP contribution in [0, 0.1) is 13.8 Å². The first-order valence-corrected chi connectivity index (χ1v) is 12.5. The highest BCUT2D eigenvalue weighted by atomic mass is 32.2. The minimum atomic E-state index is -0.291. The van der Waals surface area contributed by atoms with Crippen molar-refractivity contribution >= 4 is 50.8 Å². The van der Waals surface area contributed by atoms with Gasteiger partial charge in [-0.05, 0) is 37.1 Å². The molecule has 0 spiro atoms. The first kappa shape index (κ1) is 23.7. The molecule has 34 heavy (non-hydrogen) atoms. The average molecular weight is 493 g/mol. The van der Waals surface area contributed by atoms with Crippen LogP contribution in [0.4, 0.5) is 5.69 Å². The number of benzene rings is 2. The van der Waals surface area contributed by atoms with Crippen molar-refractivity contribution in [3.8, 4) is 0 Å². The van der Waals surface area contributed by atoms with Crippen LogP contribution in [0.1, 0.15) is 26.4 Å². The minimum absolute atomic E-state index is 0.0507. The molecular formula is C25H24N4O3S2. The summed E-state index contributed by atoms with van der Waals surface area (Å²) in [5.41, 5.74) is 2.63. The number of thioether (sulfide) groups is 1. The molecule has 0 atom stereocenters. The molecule has 0 saturated heterocycles. The van der Waals surface area contributed by atoms with Gasteiger partial charge in [0.15, 0.2) is 5.16 Å². The largest absolute Gasteiger partial charge is 0.348 e. The first-order valence-electron chi connectivity index (χ1n) is 10.7. The summed E-state index contributed by atoms with van der Waals surface area (Å²) in [6, 6.07) is 16.5. The van der Waals surface area contributed by atoms with E-state index in [0.717, 1.165) is 16.0 Å². The smallest absolute Gasteiger partial charge is 0.262 e. The number of aromatic nitrogens is 2. The maximum atomic E-state index is 12.8. The van der Waals surface area contributed by atoms with Crippen LogP contribution in [0.15, 0.2) is 64.5 Å². The normalized spacial score (nSPS) is 10.9. The van der Waals surface area contributed by atoms with Gasteiger partial charge in [0.05, 0.1) is 22.4 Å². The summed E-state index contributed by atoms with van der Waals surface area (Å²) in [6.45, 7) is 4.28. The van der Waals surface area contributed by atoms with Gasteiger partial charge in [0.2, 0.25) is 5.91 Å². The number of nitrogens with one attached hydrogen (secondary N) is 2. The van der Waals surface area contributed by atoms with Gasteiger partial charge in [0.25, 0.3) is 11.5 Å². The summed E-state index contributed by atoms with van der Waals surface area (Å²) in [5, 5.41) is 6.80. The van der Waals surface area contributed by atoms with Crippen LogP contribution >= 0.6 is 23.1 Å². The molecule has 2 aromatic heterocycles. The Morgan fingerprint density at radius 3 is 2.53 bits per heavy atom. The molecule has 174 valence electrons. The standard InChI is InChI=1S/C25H24N4O3S2/c1-15-16(2)34-23-21(15)24(32)29(3)25(28-23)33-14-20(30)27-19-12-8-7-11-18(19)22(31)26-13-17-9-5-4-6-10-17/h4-12H,13-14H2,1-3H3,(H,26,31)(H,27,30). The SMILES string of the molecule is Cc1sc2nc(SCC(=O)Nc3ccccc3C(=O)NCc3ccccc3)n(C)c(=O)c2c1C. The number of hydrogen-bond donors (Lipinski definition) is 2. The number of aryl methyl sites for hydroxylation is 2. The van der Waals surface area contributed by atoms with Crippen LogP contribution in [0.5, 0.6) is 0 Å². The molecule has 0 bridgehead atoms. The molecule has 7 nitrogen and oxygen atoms in total. The molecule has 0 aliphatic heterocycles. The second kappa shape index (κ2) is 10.2. The summed E-state index contributed by atoms with van der Waals surface area (Å²) in [5.74, 6) is -0.513. The van der Waals surface area contributed by atoms with Crippen LogP contribution < -0.4 is 16.2 Å². The monoisotopic (exact) mass is 492 g/mol. The van der Waals surface area contributed by atoms with Crippen molar-refractivity contribution < 1.29 is 9.59 Å². The fourth-order valence-electron chi connectivity index (χ4n) is 3.47. The summed E-state index contributed by atoms with van der Waals surface area (Å²) in [6.07, 6.45) is 0. The average Bonchev–Trinajstić information content (AvgIpc) is 3.13. The van der Waals surface area contributed by atoms with E-state index in [4.69, 9.17) is 0 Å². The molecule has 0 aliphatic rings. The zero-order chi connectivity index (χ0) is 24.2. The number of hydrogen-bond acceptors (Lipinski definition) is 6. The number of rotatable bonds is 7. The van der Waals surface area contributed by atoms with Crippen molar-refractivity contribution in [2.45, 2.75) is 25.5 Å². The topological polar surface area (TPSA) is 93.1 Å². The van der Waals surface area contributed by atoms with Gasteiger partial charge < -0.3 is 10.6 Å². The predicted molar refractivity (Wildman–Crippen MR) is 138 cm³/mol. The number of carbonyl (C=O) groups is 2. The molecule has 0 saturated carbocycles. The first-order chi connectivity index (χ1) is 16.3. The van der Waals surface area contributed by atoms with Crippen LogP contribution in [-0.4, -0.2) is 27.1 Å². The fraction of sp³-hybridized carbons (Fsp3) is 0.200. The highest BCUT2D eigenvalue weighted by Gasteiger charge is 2.17. The summed E-state index contributed by atoms with van der Waals surface area (Å²) < 4.78 is 1.48. The van der Waals surface area contributed by atoms with Gasteiger partial charge in [-0.2, -0.15) is 0 Å². The molecule has 2 aromatic carbocycles. The van der Waals surface area contributed by atoms with Crippen molar-refractivity contribution in [2.24, 2.45) is 7.05 Å². The lowest BCUT2D eigenvalue weighted by molar-refractivity contribution is -0.113. The van der Waals surface area contributed by atoms with E-state index in [0.29, 0.717) is 33.2 Å². The molecule has 0 radical (unpaired) electrons. The number of thiophene rings is 1. The molecule has 2 heterocycles. The second-order valence-corrected chi connectivity index (χ2v) is 9.92. The van der Waals surface area contributed by atoms with E-state index in [1.807, 2.05) is 44.2 Å². The van der Waals surface area contributed by atoms with Gasteiger partial charge in [0.1, 0.15) is 4.83 Å². The number of nitrogens with zero attached hydrogens (tertiary/aromatic N) is 2. The Balaban J connectivity index is 1.43. The number of anilines is 1.